The normalized spacial score (nSPS) is 29.3. The standard InChI is InChI=1S/C56H63N3O11/c1-54(2,3)67-46(61)29-27-41(34-60)57-51(62)42(30-35-16-8-5-9-17-35)58(4)53(64)55-32-45-47-48(69-56(68-47,39-20-10-6-11-21-39)40-22-12-7-13-23-40)50(55)70-59(49(55)52(63)66-45)33-38-19-15-14-18-37(38)26-24-36-25-28-43-44(31-36)65-43/h5-24,26,36,41-45,47-50,60H,25,27-34H2,1-4H3,(H,57,62)/t36?,41-,42+,43?,44?,45+,47-,48-,49-,50+,55-/m0/s1. The van der Waals surface area contributed by atoms with Crippen molar-refractivity contribution in [2.75, 3.05) is 13.7 Å². The van der Waals surface area contributed by atoms with Gasteiger partial charge in [-0.2, -0.15) is 5.06 Å². The molecule has 0 spiro atoms. The Morgan fingerprint density at radius 2 is 1.53 bits per heavy atom. The van der Waals surface area contributed by atoms with Crippen LogP contribution in [0.3, 0.4) is 0 Å². The molecule has 70 heavy (non-hydrogen) atoms. The van der Waals surface area contributed by atoms with Gasteiger partial charge in [-0.05, 0) is 69.1 Å². The molecule has 4 saturated heterocycles. The van der Waals surface area contributed by atoms with Crippen LogP contribution in [0.5, 0.6) is 0 Å². The number of benzene rings is 4. The van der Waals surface area contributed by atoms with Crippen LogP contribution in [0.4, 0.5) is 0 Å². The summed E-state index contributed by atoms with van der Waals surface area (Å²) in [5, 5.41) is 15.0. The highest BCUT2D eigenvalue weighted by molar-refractivity contribution is 5.96. The second-order valence-corrected chi connectivity index (χ2v) is 20.7. The van der Waals surface area contributed by atoms with E-state index in [-0.39, 0.29) is 32.2 Å². The number of aliphatic hydroxyl groups is 1. The molecular formula is C56H63N3O11. The number of amides is 2. The minimum Gasteiger partial charge on any atom is -0.460 e. The zero-order valence-corrected chi connectivity index (χ0v) is 40.2. The van der Waals surface area contributed by atoms with Gasteiger partial charge in [-0.3, -0.25) is 24.0 Å². The van der Waals surface area contributed by atoms with E-state index >= 15 is 4.79 Å². The number of esters is 2. The molecule has 6 fully saturated rings. The van der Waals surface area contributed by atoms with E-state index in [2.05, 4.69) is 17.5 Å². The van der Waals surface area contributed by atoms with Crippen molar-refractivity contribution >= 4 is 29.8 Å². The molecule has 368 valence electrons. The van der Waals surface area contributed by atoms with Gasteiger partial charge in [0.1, 0.15) is 41.5 Å². The number of nitrogens with zero attached hydrogens (tertiary/aromatic N) is 2. The van der Waals surface area contributed by atoms with E-state index < -0.39 is 89.7 Å². The number of carbonyl (C=O) groups is 4. The fourth-order valence-corrected chi connectivity index (χ4v) is 11.4. The Bertz CT molecular complexity index is 2530. The Labute approximate surface area is 409 Å². The van der Waals surface area contributed by atoms with Gasteiger partial charge in [-0.15, -0.1) is 0 Å². The molecule has 2 aliphatic carbocycles. The first-order chi connectivity index (χ1) is 33.8. The second kappa shape index (κ2) is 19.5. The van der Waals surface area contributed by atoms with Crippen molar-refractivity contribution < 1.29 is 52.8 Å². The van der Waals surface area contributed by atoms with Gasteiger partial charge in [0.15, 0.2) is 6.04 Å². The Balaban J connectivity index is 1.02. The number of hydroxylamine groups is 2. The monoisotopic (exact) mass is 953 g/mol. The van der Waals surface area contributed by atoms with Gasteiger partial charge < -0.3 is 39.0 Å². The van der Waals surface area contributed by atoms with E-state index in [1.54, 1.807) is 32.9 Å². The number of carbonyl (C=O) groups excluding carboxylic acids is 4. The SMILES string of the molecule is CN(C(=O)[C@@]12C[C@H]3OC(=O)[C@@H]1N(Cc1ccccc1C=CC1CCC4OC4C1)O[C@@H]2[C@H]1OC(c2ccccc2)(c2ccccc2)O[C@H]13)[C@H](Cc1ccccc1)C(=O)N[C@H](CO)CCC(=O)OC(C)(C)C. The fourth-order valence-electron chi connectivity index (χ4n) is 11.4. The molecule has 14 heteroatoms. The maximum atomic E-state index is 16.1. The molecule has 4 aliphatic heterocycles. The summed E-state index contributed by atoms with van der Waals surface area (Å²) in [6, 6.07) is 33.3. The molecular weight excluding hydrogens is 891 g/mol. The molecule has 4 aromatic rings. The van der Waals surface area contributed by atoms with Crippen molar-refractivity contribution in [2.24, 2.45) is 11.3 Å². The quantitative estimate of drug-likeness (QED) is 0.0937. The van der Waals surface area contributed by atoms with Crippen LogP contribution >= 0.6 is 0 Å². The van der Waals surface area contributed by atoms with Crippen LogP contribution in [0, 0.1) is 11.3 Å². The van der Waals surface area contributed by atoms with Crippen molar-refractivity contribution in [2.45, 2.75) is 138 Å². The Hall–Kier alpha value is -5.74. The van der Waals surface area contributed by atoms with E-state index in [1.807, 2.05) is 115 Å². The minimum absolute atomic E-state index is 0.0280. The van der Waals surface area contributed by atoms with Gasteiger partial charge in [-0.25, -0.2) is 0 Å². The van der Waals surface area contributed by atoms with Crippen molar-refractivity contribution in [3.8, 4) is 0 Å². The molecule has 6 aliphatic rings. The number of rotatable bonds is 16. The molecule has 4 heterocycles. The third-order valence-electron chi connectivity index (χ3n) is 14.9. The van der Waals surface area contributed by atoms with Crippen molar-refractivity contribution in [3.05, 3.63) is 149 Å². The first-order valence-corrected chi connectivity index (χ1v) is 24.7. The Kier molecular flexibility index (Phi) is 13.3. The number of aliphatic hydroxyl groups excluding tert-OH is 1. The van der Waals surface area contributed by atoms with E-state index in [0.717, 1.165) is 36.0 Å². The molecule has 14 nitrogen and oxygen atoms in total. The van der Waals surface area contributed by atoms with Crippen LogP contribution < -0.4 is 5.32 Å². The lowest BCUT2D eigenvalue weighted by atomic mass is 9.62. The number of hydrogen-bond acceptors (Lipinski definition) is 12. The number of epoxide rings is 1. The molecule has 2 N–H and O–H groups in total. The number of hydrogen-bond donors (Lipinski definition) is 2. The van der Waals surface area contributed by atoms with Gasteiger partial charge in [0.25, 0.3) is 0 Å². The molecule has 2 saturated carbocycles. The summed E-state index contributed by atoms with van der Waals surface area (Å²) in [6.07, 6.45) is 4.62. The fraction of sp³-hybridized carbons (Fsp3) is 0.464. The molecule has 2 amide bonds. The number of allylic oxidation sites excluding steroid dienone is 1. The predicted molar refractivity (Wildman–Crippen MR) is 257 cm³/mol. The third kappa shape index (κ3) is 9.33. The lowest BCUT2D eigenvalue weighted by Gasteiger charge is -2.50. The third-order valence-corrected chi connectivity index (χ3v) is 14.9. The minimum atomic E-state index is -1.63. The van der Waals surface area contributed by atoms with Crippen LogP contribution in [0.1, 0.15) is 87.1 Å². The largest absolute Gasteiger partial charge is 0.460 e. The first kappa shape index (κ1) is 47.9. The van der Waals surface area contributed by atoms with Gasteiger partial charge in [0, 0.05) is 37.4 Å². The summed E-state index contributed by atoms with van der Waals surface area (Å²) in [4.78, 5) is 67.0. The summed E-state index contributed by atoms with van der Waals surface area (Å²) >= 11 is 0. The maximum absolute atomic E-state index is 16.1. The van der Waals surface area contributed by atoms with E-state index in [1.165, 1.54) is 4.90 Å². The maximum Gasteiger partial charge on any atom is 0.327 e. The summed E-state index contributed by atoms with van der Waals surface area (Å²) in [6.45, 7) is 5.00. The molecule has 11 atom stereocenters. The number of ether oxygens (including phenoxy) is 5. The zero-order chi connectivity index (χ0) is 48.8. The highest BCUT2D eigenvalue weighted by Crippen LogP contribution is 2.60. The highest BCUT2D eigenvalue weighted by Gasteiger charge is 2.77. The van der Waals surface area contributed by atoms with Gasteiger partial charge in [0.05, 0.1) is 31.4 Å². The van der Waals surface area contributed by atoms with Crippen LogP contribution in [0.2, 0.25) is 0 Å². The summed E-state index contributed by atoms with van der Waals surface area (Å²) in [5.41, 5.74) is 1.72. The lowest BCUT2D eigenvalue weighted by molar-refractivity contribution is -0.214. The number of likely N-dealkylation sites (N-methyl/N-ethyl adjacent to an activating group) is 1. The number of fused-ring (bicyclic) bond motifs is 5. The molecule has 2 bridgehead atoms. The van der Waals surface area contributed by atoms with Gasteiger partial charge in [-0.1, -0.05) is 127 Å². The van der Waals surface area contributed by atoms with Gasteiger partial charge in [0.2, 0.25) is 17.6 Å². The van der Waals surface area contributed by atoms with Crippen LogP contribution in [-0.4, -0.2) is 113 Å². The van der Waals surface area contributed by atoms with Crippen molar-refractivity contribution in [3.63, 3.8) is 0 Å². The lowest BCUT2D eigenvalue weighted by Crippen LogP contribution is -2.70. The van der Waals surface area contributed by atoms with E-state index in [9.17, 15) is 19.5 Å². The Morgan fingerprint density at radius 1 is 0.871 bits per heavy atom. The summed E-state index contributed by atoms with van der Waals surface area (Å²) < 4.78 is 32.1. The topological polar surface area (TPSA) is 166 Å². The molecule has 3 unspecified atom stereocenters. The number of nitrogens with one attached hydrogen (secondary N) is 1. The average molecular weight is 954 g/mol. The van der Waals surface area contributed by atoms with E-state index in [0.29, 0.717) is 29.3 Å². The summed E-state index contributed by atoms with van der Waals surface area (Å²) in [5.74, 6) is -3.21. The van der Waals surface area contributed by atoms with Gasteiger partial charge >= 0.3 is 11.9 Å². The zero-order valence-electron chi connectivity index (χ0n) is 40.2. The molecule has 0 aromatic heterocycles. The second-order valence-electron chi connectivity index (χ2n) is 20.7. The molecule has 0 radical (unpaired) electrons. The summed E-state index contributed by atoms with van der Waals surface area (Å²) in [7, 11) is 1.58. The molecule has 10 rings (SSSR count). The molecule has 4 aromatic carbocycles. The van der Waals surface area contributed by atoms with Crippen LogP contribution in [-0.2, 0) is 66.5 Å². The van der Waals surface area contributed by atoms with E-state index in [4.69, 9.17) is 28.5 Å². The highest BCUT2D eigenvalue weighted by atomic mass is 16.8. The van der Waals surface area contributed by atoms with Crippen LogP contribution in [0.15, 0.2) is 121 Å². The van der Waals surface area contributed by atoms with Crippen LogP contribution in [0.25, 0.3) is 6.08 Å². The van der Waals surface area contributed by atoms with Crippen molar-refractivity contribution in [1.29, 1.82) is 0 Å². The Morgan fingerprint density at radius 3 is 2.20 bits per heavy atom. The average Bonchev–Trinajstić information content (AvgIpc) is 3.88. The van der Waals surface area contributed by atoms with Crippen molar-refractivity contribution in [1.82, 2.24) is 15.3 Å². The predicted octanol–water partition coefficient (Wildman–Crippen LogP) is 6.42. The smallest absolute Gasteiger partial charge is 0.327 e. The first-order valence-electron chi connectivity index (χ1n) is 24.7.